The molecule has 0 atom stereocenters. The molecule has 0 saturated carbocycles. The Bertz CT molecular complexity index is 871. The van der Waals surface area contributed by atoms with Gasteiger partial charge in [0.25, 0.3) is 0 Å². The number of carboxylic acid groups (broad SMARTS) is 1. The van der Waals surface area contributed by atoms with Crippen LogP contribution in [-0.2, 0) is 9.84 Å². The summed E-state index contributed by atoms with van der Waals surface area (Å²) in [6.45, 7) is 7.42. The lowest BCUT2D eigenvalue weighted by Crippen LogP contribution is -2.38. The lowest BCUT2D eigenvalue weighted by atomic mass is 9.98. The van der Waals surface area contributed by atoms with E-state index in [1.54, 1.807) is 13.0 Å². The predicted molar refractivity (Wildman–Crippen MR) is 97.0 cm³/mol. The van der Waals surface area contributed by atoms with Gasteiger partial charge in [-0.25, -0.2) is 8.42 Å². The van der Waals surface area contributed by atoms with E-state index in [4.69, 9.17) is 0 Å². The van der Waals surface area contributed by atoms with Crippen LogP contribution >= 0.6 is 0 Å². The summed E-state index contributed by atoms with van der Waals surface area (Å²) in [5.41, 5.74) is 2.68. The number of anilines is 2. The minimum absolute atomic E-state index is 0.00801. The summed E-state index contributed by atoms with van der Waals surface area (Å²) in [4.78, 5) is 13.1. The zero-order valence-corrected chi connectivity index (χ0v) is 15.6. The highest BCUT2D eigenvalue weighted by molar-refractivity contribution is 7.91. The number of amides is 1. The van der Waals surface area contributed by atoms with E-state index in [1.807, 2.05) is 32.9 Å². The summed E-state index contributed by atoms with van der Waals surface area (Å²) in [6.07, 6.45) is -1.36. The zero-order chi connectivity index (χ0) is 18.8. The average molecular weight is 360 g/mol. The van der Waals surface area contributed by atoms with E-state index in [1.165, 1.54) is 24.3 Å². The standard InChI is InChI=1S/C19H23NO4S/c1-5-25(23,24)16-9-7-15(8-10-16)20(19(21)22)18-12-14(4)6-11-17(18)13(2)3/h6-13H,5H2,1-4H3,(H,21,22)/p-1. The van der Waals surface area contributed by atoms with Crippen molar-refractivity contribution >= 4 is 27.3 Å². The van der Waals surface area contributed by atoms with E-state index in [9.17, 15) is 18.3 Å². The van der Waals surface area contributed by atoms with Gasteiger partial charge in [-0.3, -0.25) is 4.90 Å². The maximum absolute atomic E-state index is 11.9. The van der Waals surface area contributed by atoms with Crippen molar-refractivity contribution in [1.82, 2.24) is 0 Å². The van der Waals surface area contributed by atoms with Gasteiger partial charge in [-0.1, -0.05) is 32.9 Å². The van der Waals surface area contributed by atoms with Crippen molar-refractivity contribution in [2.45, 2.75) is 38.5 Å². The van der Waals surface area contributed by atoms with Gasteiger partial charge in [0.2, 0.25) is 0 Å². The second-order valence-corrected chi connectivity index (χ2v) is 8.49. The van der Waals surface area contributed by atoms with Crippen LogP contribution in [0.1, 0.15) is 37.8 Å². The molecule has 0 aliphatic carbocycles. The molecule has 2 rings (SSSR count). The van der Waals surface area contributed by atoms with Gasteiger partial charge in [-0.05, 0) is 54.3 Å². The van der Waals surface area contributed by atoms with E-state index in [0.717, 1.165) is 16.0 Å². The van der Waals surface area contributed by atoms with Crippen molar-refractivity contribution in [1.29, 1.82) is 0 Å². The maximum Gasteiger partial charge on any atom is 0.178 e. The van der Waals surface area contributed by atoms with Crippen molar-refractivity contribution in [3.05, 3.63) is 53.6 Å². The molecule has 0 aromatic heterocycles. The molecule has 0 radical (unpaired) electrons. The third kappa shape index (κ3) is 4.02. The molecule has 134 valence electrons. The van der Waals surface area contributed by atoms with Crippen LogP contribution in [0.2, 0.25) is 0 Å². The van der Waals surface area contributed by atoms with Crippen LogP contribution in [0, 0.1) is 6.92 Å². The summed E-state index contributed by atoms with van der Waals surface area (Å²) in [7, 11) is -3.34. The summed E-state index contributed by atoms with van der Waals surface area (Å²) < 4.78 is 23.9. The van der Waals surface area contributed by atoms with Crippen LogP contribution in [-0.4, -0.2) is 20.3 Å². The van der Waals surface area contributed by atoms with Gasteiger partial charge in [-0.2, -0.15) is 0 Å². The Morgan fingerprint density at radius 1 is 1.12 bits per heavy atom. The van der Waals surface area contributed by atoms with Gasteiger partial charge >= 0.3 is 0 Å². The number of hydrogen-bond donors (Lipinski definition) is 0. The van der Waals surface area contributed by atoms with E-state index in [2.05, 4.69) is 0 Å². The first-order valence-corrected chi connectivity index (χ1v) is 9.77. The summed E-state index contributed by atoms with van der Waals surface area (Å²) in [5, 5.41) is 11.8. The van der Waals surface area contributed by atoms with Crippen molar-refractivity contribution in [3.63, 3.8) is 0 Å². The maximum atomic E-state index is 11.9. The van der Waals surface area contributed by atoms with Gasteiger partial charge < -0.3 is 9.90 Å². The Balaban J connectivity index is 2.57. The summed E-state index contributed by atoms with van der Waals surface area (Å²) in [6, 6.07) is 11.5. The second kappa shape index (κ2) is 7.27. The lowest BCUT2D eigenvalue weighted by molar-refractivity contribution is -0.245. The molecule has 0 saturated heterocycles. The smallest absolute Gasteiger partial charge is 0.178 e. The molecule has 5 nitrogen and oxygen atoms in total. The molecule has 0 bridgehead atoms. The van der Waals surface area contributed by atoms with Crippen LogP contribution in [0.3, 0.4) is 0 Å². The quantitative estimate of drug-likeness (QED) is 0.819. The molecule has 0 aliphatic heterocycles. The molecule has 6 heteroatoms. The number of carbonyl (C=O) groups excluding carboxylic acids is 1. The van der Waals surface area contributed by atoms with Gasteiger partial charge in [0.05, 0.1) is 16.3 Å². The van der Waals surface area contributed by atoms with Gasteiger partial charge in [0.1, 0.15) is 6.09 Å². The number of carbonyl (C=O) groups is 1. The first kappa shape index (κ1) is 19.0. The van der Waals surface area contributed by atoms with Crippen molar-refractivity contribution in [3.8, 4) is 0 Å². The first-order chi connectivity index (χ1) is 11.7. The first-order valence-electron chi connectivity index (χ1n) is 8.12. The molecule has 0 N–H and O–H groups in total. The highest BCUT2D eigenvalue weighted by Gasteiger charge is 2.18. The van der Waals surface area contributed by atoms with Crippen LogP contribution in [0.25, 0.3) is 0 Å². The summed E-state index contributed by atoms with van der Waals surface area (Å²) in [5.74, 6) is 0.114. The molecule has 0 spiro atoms. The van der Waals surface area contributed by atoms with Crippen molar-refractivity contribution in [2.24, 2.45) is 0 Å². The third-order valence-corrected chi connectivity index (χ3v) is 5.82. The molecule has 0 heterocycles. The van der Waals surface area contributed by atoms with Gasteiger partial charge in [0.15, 0.2) is 9.84 Å². The lowest BCUT2D eigenvalue weighted by Gasteiger charge is -2.29. The second-order valence-electron chi connectivity index (χ2n) is 6.22. The minimum atomic E-state index is -3.34. The van der Waals surface area contributed by atoms with E-state index < -0.39 is 15.9 Å². The molecule has 2 aromatic rings. The van der Waals surface area contributed by atoms with E-state index in [-0.39, 0.29) is 16.6 Å². The van der Waals surface area contributed by atoms with E-state index >= 15 is 0 Å². The Hall–Kier alpha value is -2.34. The van der Waals surface area contributed by atoms with Crippen LogP contribution < -0.4 is 10.0 Å². The topological polar surface area (TPSA) is 77.5 Å². The fraction of sp³-hybridized carbons (Fsp3) is 0.316. The normalized spacial score (nSPS) is 11.6. The van der Waals surface area contributed by atoms with E-state index in [0.29, 0.717) is 11.4 Å². The molecular weight excluding hydrogens is 338 g/mol. The Morgan fingerprint density at radius 2 is 1.72 bits per heavy atom. The Kier molecular flexibility index (Phi) is 5.52. The van der Waals surface area contributed by atoms with Crippen LogP contribution in [0.15, 0.2) is 47.4 Å². The number of aryl methyl sites for hydroxylation is 1. The predicted octanol–water partition coefficient (Wildman–Crippen LogP) is 3.39. The van der Waals surface area contributed by atoms with Crippen molar-refractivity contribution in [2.75, 3.05) is 10.7 Å². The highest BCUT2D eigenvalue weighted by atomic mass is 32.2. The number of sulfone groups is 1. The molecular formula is C19H22NO4S-. The Morgan fingerprint density at radius 3 is 2.20 bits per heavy atom. The summed E-state index contributed by atoms with van der Waals surface area (Å²) >= 11 is 0. The SMILES string of the molecule is CCS(=O)(=O)c1ccc(N(C(=O)[O-])c2cc(C)ccc2C(C)C)cc1. The highest BCUT2D eigenvalue weighted by Crippen LogP contribution is 2.34. The molecule has 2 aromatic carbocycles. The molecule has 0 aliphatic rings. The molecule has 1 amide bonds. The fourth-order valence-corrected chi connectivity index (χ4v) is 3.53. The van der Waals surface area contributed by atoms with Crippen LogP contribution in [0.4, 0.5) is 16.2 Å². The molecule has 25 heavy (non-hydrogen) atoms. The number of hydrogen-bond acceptors (Lipinski definition) is 4. The van der Waals surface area contributed by atoms with Gasteiger partial charge in [-0.15, -0.1) is 0 Å². The number of rotatable bonds is 5. The Labute approximate surface area is 148 Å². The molecule has 0 fully saturated rings. The minimum Gasteiger partial charge on any atom is -0.529 e. The van der Waals surface area contributed by atoms with Crippen molar-refractivity contribution < 1.29 is 18.3 Å². The average Bonchev–Trinajstić information content (AvgIpc) is 2.55. The third-order valence-electron chi connectivity index (χ3n) is 4.07. The monoisotopic (exact) mass is 360 g/mol. The number of benzene rings is 2. The largest absolute Gasteiger partial charge is 0.529 e. The fourth-order valence-electron chi connectivity index (χ4n) is 2.65. The molecule has 0 unspecified atom stereocenters. The number of nitrogens with zero attached hydrogens (tertiary/aromatic N) is 1. The zero-order valence-electron chi connectivity index (χ0n) is 14.8. The van der Waals surface area contributed by atoms with Gasteiger partial charge in [0, 0.05) is 5.69 Å². The van der Waals surface area contributed by atoms with Crippen LogP contribution in [0.5, 0.6) is 0 Å².